The lowest BCUT2D eigenvalue weighted by Gasteiger charge is -2.30. The fraction of sp³-hybridized carbons (Fsp3) is 0.132. The zero-order chi connectivity index (χ0) is 39.5. The number of ether oxygens (including phenoxy) is 2. The summed E-state index contributed by atoms with van der Waals surface area (Å²) in [6, 6.07) is 53.3. The highest BCUT2D eigenvalue weighted by Crippen LogP contribution is 2.45. The molecule has 5 nitrogen and oxygen atoms in total. The summed E-state index contributed by atoms with van der Waals surface area (Å²) in [6.07, 6.45) is -2.16. The molecule has 5 heteroatoms. The summed E-state index contributed by atoms with van der Waals surface area (Å²) in [4.78, 5) is 27.2. The molecule has 0 radical (unpaired) electrons. The smallest absolute Gasteiger partial charge is 0.338 e. The molecule has 0 aliphatic rings. The number of aliphatic hydroxyl groups is 1. The number of rotatable bonds is 10. The van der Waals surface area contributed by atoms with Crippen molar-refractivity contribution in [2.45, 2.75) is 38.4 Å². The molecule has 2 atom stereocenters. The average molecular weight is 757 g/mol. The fourth-order valence-corrected chi connectivity index (χ4v) is 9.00. The minimum absolute atomic E-state index is 0.217. The summed E-state index contributed by atoms with van der Waals surface area (Å²) in [6.45, 7) is 3.55. The van der Waals surface area contributed by atoms with Crippen molar-refractivity contribution in [3.05, 3.63) is 191 Å². The predicted molar refractivity (Wildman–Crippen MR) is 235 cm³/mol. The lowest BCUT2D eigenvalue weighted by atomic mass is 9.78. The van der Waals surface area contributed by atoms with Crippen LogP contribution in [0.4, 0.5) is 0 Å². The molecule has 0 aliphatic carbocycles. The molecule has 58 heavy (non-hydrogen) atoms. The van der Waals surface area contributed by atoms with Crippen molar-refractivity contribution >= 4 is 76.6 Å². The fourth-order valence-electron chi connectivity index (χ4n) is 9.00. The van der Waals surface area contributed by atoms with Crippen molar-refractivity contribution in [2.24, 2.45) is 0 Å². The van der Waals surface area contributed by atoms with Crippen LogP contribution in [0.15, 0.2) is 158 Å². The molecule has 282 valence electrons. The van der Waals surface area contributed by atoms with Gasteiger partial charge in [0.15, 0.2) is 0 Å². The maximum atomic E-state index is 14.0. The van der Waals surface area contributed by atoms with Crippen LogP contribution in [0.1, 0.15) is 55.3 Å². The van der Waals surface area contributed by atoms with Crippen LogP contribution in [0.2, 0.25) is 0 Å². The van der Waals surface area contributed by atoms with Crippen molar-refractivity contribution in [3.63, 3.8) is 0 Å². The van der Waals surface area contributed by atoms with Gasteiger partial charge in [-0.05, 0) is 120 Å². The van der Waals surface area contributed by atoms with Crippen molar-refractivity contribution < 1.29 is 24.2 Å². The van der Waals surface area contributed by atoms with Gasteiger partial charge in [-0.3, -0.25) is 0 Å². The molecule has 0 bridgehead atoms. The Bertz CT molecular complexity index is 2970. The first-order valence-corrected chi connectivity index (χ1v) is 19.8. The Morgan fingerprint density at radius 2 is 0.879 bits per heavy atom. The number of hydrogen-bond donors (Lipinski definition) is 1. The van der Waals surface area contributed by atoms with Crippen LogP contribution in [0.3, 0.4) is 0 Å². The van der Waals surface area contributed by atoms with E-state index < -0.39 is 24.1 Å². The summed E-state index contributed by atoms with van der Waals surface area (Å²) >= 11 is 0. The van der Waals surface area contributed by atoms with Crippen LogP contribution < -0.4 is 0 Å². The molecule has 10 rings (SSSR count). The van der Waals surface area contributed by atoms with E-state index in [4.69, 9.17) is 9.47 Å². The number of aliphatic hydroxyl groups excluding tert-OH is 1. The average Bonchev–Trinajstić information content (AvgIpc) is 3.25. The highest BCUT2D eigenvalue weighted by molar-refractivity contribution is 6.25. The van der Waals surface area contributed by atoms with E-state index in [1.54, 1.807) is 24.3 Å². The molecular formula is C53H40O5. The zero-order valence-corrected chi connectivity index (χ0v) is 32.2. The van der Waals surface area contributed by atoms with E-state index >= 15 is 0 Å². The first kappa shape index (κ1) is 35.6. The van der Waals surface area contributed by atoms with Crippen LogP contribution in [-0.4, -0.2) is 35.9 Å². The summed E-state index contributed by atoms with van der Waals surface area (Å²) < 4.78 is 12.1. The van der Waals surface area contributed by atoms with E-state index in [0.717, 1.165) is 43.8 Å². The van der Waals surface area contributed by atoms with Crippen LogP contribution >= 0.6 is 0 Å². The Hall–Kier alpha value is -6.82. The lowest BCUT2D eigenvalue weighted by molar-refractivity contribution is -0.0474. The van der Waals surface area contributed by atoms with Crippen molar-refractivity contribution in [3.8, 4) is 0 Å². The van der Waals surface area contributed by atoms with Crippen LogP contribution in [0.25, 0.3) is 64.6 Å². The molecule has 0 saturated carbocycles. The topological polar surface area (TPSA) is 72.8 Å². The van der Waals surface area contributed by atoms with Crippen molar-refractivity contribution in [1.82, 2.24) is 0 Å². The van der Waals surface area contributed by atoms with Gasteiger partial charge in [-0.1, -0.05) is 145 Å². The predicted octanol–water partition coefficient (Wildman–Crippen LogP) is 12.1. The van der Waals surface area contributed by atoms with Gasteiger partial charge >= 0.3 is 11.9 Å². The molecule has 1 N–H and O–H groups in total. The van der Waals surface area contributed by atoms with Gasteiger partial charge in [0.1, 0.15) is 18.8 Å². The van der Waals surface area contributed by atoms with Gasteiger partial charge in [0.25, 0.3) is 0 Å². The number of carbonyl (C=O) groups excluding carboxylic acids is 2. The molecule has 0 aliphatic heterocycles. The second-order valence-corrected chi connectivity index (χ2v) is 15.7. The molecule has 0 unspecified atom stereocenters. The number of hydrogen-bond acceptors (Lipinski definition) is 5. The number of carbonyl (C=O) groups is 2. The maximum absolute atomic E-state index is 14.0. The minimum atomic E-state index is -1.33. The molecule has 0 aromatic heterocycles. The van der Waals surface area contributed by atoms with Gasteiger partial charge in [0, 0.05) is 5.92 Å². The summed E-state index contributed by atoms with van der Waals surface area (Å²) in [7, 11) is 0. The summed E-state index contributed by atoms with van der Waals surface area (Å²) in [5.41, 5.74) is 4.90. The summed E-state index contributed by atoms with van der Waals surface area (Å²) in [5.74, 6) is -1.47. The first-order valence-electron chi connectivity index (χ1n) is 19.8. The standard InChI is InChI=1S/C53H40O5/c1-31-9-13-39(14-10-31)52(55)57-30-46(54)47(58-53(56)40-15-11-32(2)12-16-40)29-45(41-25-21-37-19-17-33-5-3-7-35-23-27-43(41)50(37)48(33)35)42-26-22-38-20-18-34-6-4-8-36-24-28-44(42)51(38)49(34)36/h3-28,45-47,54H,29-30H2,1-2H3/t46-,47+/m1/s1. The highest BCUT2D eigenvalue weighted by atomic mass is 16.6. The molecule has 0 heterocycles. The third-order valence-corrected chi connectivity index (χ3v) is 12.0. The van der Waals surface area contributed by atoms with Crippen molar-refractivity contribution in [1.29, 1.82) is 0 Å². The quantitative estimate of drug-likeness (QED) is 0.111. The first-order chi connectivity index (χ1) is 28.3. The number of esters is 2. The van der Waals surface area contributed by atoms with Gasteiger partial charge < -0.3 is 14.6 Å². The largest absolute Gasteiger partial charge is 0.459 e. The van der Waals surface area contributed by atoms with E-state index in [1.807, 2.05) is 38.1 Å². The molecule has 0 fully saturated rings. The third-order valence-electron chi connectivity index (χ3n) is 12.0. The third kappa shape index (κ3) is 6.16. The Morgan fingerprint density at radius 3 is 1.34 bits per heavy atom. The van der Waals surface area contributed by atoms with Gasteiger partial charge in [-0.15, -0.1) is 0 Å². The van der Waals surface area contributed by atoms with Gasteiger partial charge in [-0.2, -0.15) is 0 Å². The van der Waals surface area contributed by atoms with E-state index in [1.165, 1.54) is 43.1 Å². The summed E-state index contributed by atoms with van der Waals surface area (Å²) in [5, 5.41) is 26.0. The monoisotopic (exact) mass is 756 g/mol. The van der Waals surface area contributed by atoms with Gasteiger partial charge in [0.2, 0.25) is 0 Å². The van der Waals surface area contributed by atoms with Crippen LogP contribution in [0.5, 0.6) is 0 Å². The molecule has 10 aromatic rings. The van der Waals surface area contributed by atoms with E-state index in [-0.39, 0.29) is 18.9 Å². The maximum Gasteiger partial charge on any atom is 0.338 e. The highest BCUT2D eigenvalue weighted by Gasteiger charge is 2.32. The second kappa shape index (κ2) is 14.3. The van der Waals surface area contributed by atoms with Crippen molar-refractivity contribution in [2.75, 3.05) is 6.61 Å². The van der Waals surface area contributed by atoms with E-state index in [9.17, 15) is 14.7 Å². The zero-order valence-electron chi connectivity index (χ0n) is 32.2. The second-order valence-electron chi connectivity index (χ2n) is 15.7. The van der Waals surface area contributed by atoms with Crippen LogP contribution in [-0.2, 0) is 9.47 Å². The molecule has 0 saturated heterocycles. The number of aryl methyl sites for hydroxylation is 2. The Labute approximate surface area is 335 Å². The SMILES string of the molecule is Cc1ccc(C(=O)OC[C@@H](O)[C@H](CC(c2ccc3ccc4cccc5ccc2c3c45)c2ccc3ccc4cccc5ccc2c3c45)OC(=O)c2ccc(C)cc2)cc1. The Morgan fingerprint density at radius 1 is 0.483 bits per heavy atom. The number of benzene rings is 10. The molecule has 0 amide bonds. The molecule has 0 spiro atoms. The normalized spacial score (nSPS) is 13.0. The minimum Gasteiger partial charge on any atom is -0.459 e. The van der Waals surface area contributed by atoms with E-state index in [2.05, 4.69) is 109 Å². The van der Waals surface area contributed by atoms with Gasteiger partial charge in [-0.25, -0.2) is 9.59 Å². The van der Waals surface area contributed by atoms with Gasteiger partial charge in [0.05, 0.1) is 11.1 Å². The van der Waals surface area contributed by atoms with Crippen LogP contribution in [0, 0.1) is 13.8 Å². The van der Waals surface area contributed by atoms with E-state index in [0.29, 0.717) is 11.1 Å². The molecular weight excluding hydrogens is 717 g/mol. The Kier molecular flexibility index (Phi) is 8.76. The lowest BCUT2D eigenvalue weighted by Crippen LogP contribution is -2.37. The molecule has 10 aromatic carbocycles. The Balaban J connectivity index is 1.14.